The van der Waals surface area contributed by atoms with Crippen molar-refractivity contribution in [2.45, 2.75) is 38.3 Å². The van der Waals surface area contributed by atoms with E-state index in [0.717, 1.165) is 39.1 Å². The molecule has 0 bridgehead atoms. The zero-order valence-electron chi connectivity index (χ0n) is 10.4. The highest BCUT2D eigenvalue weighted by Gasteiger charge is 2.18. The first-order valence-corrected chi connectivity index (χ1v) is 6.19. The molecule has 1 saturated heterocycles. The van der Waals surface area contributed by atoms with E-state index in [-0.39, 0.29) is 6.04 Å². The Morgan fingerprint density at radius 3 is 3.00 bits per heavy atom. The van der Waals surface area contributed by atoms with E-state index < -0.39 is 0 Å². The number of rotatable bonds is 7. The summed E-state index contributed by atoms with van der Waals surface area (Å²) in [5, 5.41) is 12.2. The predicted octanol–water partition coefficient (Wildman–Crippen LogP) is 0.989. The SMILES string of the molecule is CCCNC(C#N)CN(C)CC1CCCO1. The quantitative estimate of drug-likeness (QED) is 0.702. The minimum atomic E-state index is -0.0636. The van der Waals surface area contributed by atoms with Crippen molar-refractivity contribution in [1.29, 1.82) is 5.26 Å². The zero-order chi connectivity index (χ0) is 11.8. The van der Waals surface area contributed by atoms with Gasteiger partial charge in [0.05, 0.1) is 12.2 Å². The molecule has 4 nitrogen and oxygen atoms in total. The first kappa shape index (κ1) is 13.4. The number of nitrogens with zero attached hydrogens (tertiary/aromatic N) is 2. The van der Waals surface area contributed by atoms with E-state index in [1.165, 1.54) is 6.42 Å². The molecule has 1 aliphatic heterocycles. The topological polar surface area (TPSA) is 48.3 Å². The molecule has 92 valence electrons. The molecule has 2 atom stereocenters. The van der Waals surface area contributed by atoms with Gasteiger partial charge in [-0.25, -0.2) is 0 Å². The Hall–Kier alpha value is -0.630. The summed E-state index contributed by atoms with van der Waals surface area (Å²) in [6, 6.07) is 2.24. The van der Waals surface area contributed by atoms with Crippen molar-refractivity contribution in [3.63, 3.8) is 0 Å². The summed E-state index contributed by atoms with van der Waals surface area (Å²) >= 11 is 0. The number of hydrogen-bond donors (Lipinski definition) is 1. The van der Waals surface area contributed by atoms with Gasteiger partial charge in [-0.3, -0.25) is 0 Å². The molecule has 1 aliphatic rings. The fourth-order valence-electron chi connectivity index (χ4n) is 1.99. The van der Waals surface area contributed by atoms with Crippen LogP contribution in [0.2, 0.25) is 0 Å². The van der Waals surface area contributed by atoms with Crippen LogP contribution >= 0.6 is 0 Å². The van der Waals surface area contributed by atoms with Crippen LogP contribution in [0.5, 0.6) is 0 Å². The van der Waals surface area contributed by atoms with E-state index in [9.17, 15) is 0 Å². The van der Waals surface area contributed by atoms with Crippen molar-refractivity contribution in [3.8, 4) is 6.07 Å². The molecule has 16 heavy (non-hydrogen) atoms. The van der Waals surface area contributed by atoms with Crippen LogP contribution in [0.25, 0.3) is 0 Å². The van der Waals surface area contributed by atoms with Crippen LogP contribution in [-0.2, 0) is 4.74 Å². The lowest BCUT2D eigenvalue weighted by molar-refractivity contribution is 0.0800. The fourth-order valence-corrected chi connectivity index (χ4v) is 1.99. The Balaban J connectivity index is 2.19. The van der Waals surface area contributed by atoms with Crippen LogP contribution in [0.15, 0.2) is 0 Å². The molecule has 0 saturated carbocycles. The van der Waals surface area contributed by atoms with Crippen molar-refractivity contribution in [1.82, 2.24) is 10.2 Å². The van der Waals surface area contributed by atoms with E-state index in [1.54, 1.807) is 0 Å². The van der Waals surface area contributed by atoms with E-state index in [4.69, 9.17) is 10.00 Å². The first-order chi connectivity index (χ1) is 7.76. The Bertz CT molecular complexity index is 221. The van der Waals surface area contributed by atoms with Gasteiger partial charge in [-0.15, -0.1) is 0 Å². The highest BCUT2D eigenvalue weighted by molar-refractivity contribution is 4.91. The second-order valence-corrected chi connectivity index (χ2v) is 4.49. The molecule has 1 N–H and O–H groups in total. The zero-order valence-corrected chi connectivity index (χ0v) is 10.4. The average Bonchev–Trinajstić information content (AvgIpc) is 2.76. The molecular weight excluding hydrogens is 202 g/mol. The van der Waals surface area contributed by atoms with Crippen molar-refractivity contribution in [2.24, 2.45) is 0 Å². The third-order valence-corrected chi connectivity index (χ3v) is 2.83. The first-order valence-electron chi connectivity index (χ1n) is 6.19. The second-order valence-electron chi connectivity index (χ2n) is 4.49. The van der Waals surface area contributed by atoms with E-state index in [2.05, 4.69) is 30.3 Å². The standard InChI is InChI=1S/C12H23N3O/c1-3-6-14-11(8-13)9-15(2)10-12-5-4-7-16-12/h11-12,14H,3-7,9-10H2,1-2H3. The molecule has 4 heteroatoms. The largest absolute Gasteiger partial charge is 0.377 e. The molecule has 0 aromatic rings. The number of nitrogens with one attached hydrogen (secondary N) is 1. The summed E-state index contributed by atoms with van der Waals surface area (Å²) in [7, 11) is 2.06. The molecular formula is C12H23N3O. The molecule has 1 fully saturated rings. The monoisotopic (exact) mass is 225 g/mol. The van der Waals surface area contributed by atoms with Gasteiger partial charge in [0.25, 0.3) is 0 Å². The summed E-state index contributed by atoms with van der Waals surface area (Å²) in [6.45, 7) is 5.63. The van der Waals surface area contributed by atoms with Crippen molar-refractivity contribution in [2.75, 3.05) is 33.3 Å². The van der Waals surface area contributed by atoms with Gasteiger partial charge in [0.15, 0.2) is 0 Å². The molecule has 2 unspecified atom stereocenters. The Kier molecular flexibility index (Phi) is 6.39. The minimum Gasteiger partial charge on any atom is -0.377 e. The minimum absolute atomic E-state index is 0.0636. The van der Waals surface area contributed by atoms with Crippen LogP contribution < -0.4 is 5.32 Å². The van der Waals surface area contributed by atoms with Crippen LogP contribution in [0.4, 0.5) is 0 Å². The summed E-state index contributed by atoms with van der Waals surface area (Å²) in [4.78, 5) is 2.19. The van der Waals surface area contributed by atoms with Gasteiger partial charge in [0.1, 0.15) is 6.04 Å². The Labute approximate surface area is 98.6 Å². The van der Waals surface area contributed by atoms with Crippen LogP contribution in [0.3, 0.4) is 0 Å². The molecule has 0 spiro atoms. The maximum absolute atomic E-state index is 8.99. The predicted molar refractivity (Wildman–Crippen MR) is 64.2 cm³/mol. The lowest BCUT2D eigenvalue weighted by Crippen LogP contribution is -2.41. The molecule has 1 rings (SSSR count). The van der Waals surface area contributed by atoms with Gasteiger partial charge in [0, 0.05) is 19.7 Å². The smallest absolute Gasteiger partial charge is 0.108 e. The van der Waals surface area contributed by atoms with E-state index in [1.807, 2.05) is 0 Å². The van der Waals surface area contributed by atoms with Crippen LogP contribution in [-0.4, -0.2) is 50.3 Å². The lowest BCUT2D eigenvalue weighted by atomic mass is 10.2. The maximum atomic E-state index is 8.99. The van der Waals surface area contributed by atoms with Gasteiger partial charge in [-0.05, 0) is 32.9 Å². The molecule has 1 heterocycles. The fraction of sp³-hybridized carbons (Fsp3) is 0.917. The lowest BCUT2D eigenvalue weighted by Gasteiger charge is -2.23. The molecule has 0 aliphatic carbocycles. The molecule has 0 aromatic heterocycles. The Morgan fingerprint density at radius 1 is 1.62 bits per heavy atom. The maximum Gasteiger partial charge on any atom is 0.108 e. The summed E-state index contributed by atoms with van der Waals surface area (Å²) < 4.78 is 5.57. The highest BCUT2D eigenvalue weighted by Crippen LogP contribution is 2.12. The van der Waals surface area contributed by atoms with Crippen LogP contribution in [0, 0.1) is 11.3 Å². The van der Waals surface area contributed by atoms with Crippen molar-refractivity contribution >= 4 is 0 Å². The average molecular weight is 225 g/mol. The normalized spacial score (nSPS) is 22.2. The highest BCUT2D eigenvalue weighted by atomic mass is 16.5. The van der Waals surface area contributed by atoms with Gasteiger partial charge in [-0.2, -0.15) is 5.26 Å². The number of likely N-dealkylation sites (N-methyl/N-ethyl adjacent to an activating group) is 1. The van der Waals surface area contributed by atoms with E-state index in [0.29, 0.717) is 6.10 Å². The molecule has 0 radical (unpaired) electrons. The third-order valence-electron chi connectivity index (χ3n) is 2.83. The Morgan fingerprint density at radius 2 is 2.44 bits per heavy atom. The number of ether oxygens (including phenoxy) is 1. The summed E-state index contributed by atoms with van der Waals surface area (Å²) in [6.07, 6.45) is 3.77. The van der Waals surface area contributed by atoms with Crippen molar-refractivity contribution in [3.05, 3.63) is 0 Å². The molecule has 0 amide bonds. The van der Waals surface area contributed by atoms with Gasteiger partial charge < -0.3 is 15.0 Å². The van der Waals surface area contributed by atoms with Gasteiger partial charge in [-0.1, -0.05) is 6.92 Å². The third kappa shape index (κ3) is 4.93. The van der Waals surface area contributed by atoms with Gasteiger partial charge in [0.2, 0.25) is 0 Å². The molecule has 0 aromatic carbocycles. The van der Waals surface area contributed by atoms with E-state index >= 15 is 0 Å². The summed E-state index contributed by atoms with van der Waals surface area (Å²) in [5.41, 5.74) is 0. The number of nitriles is 1. The summed E-state index contributed by atoms with van der Waals surface area (Å²) in [5.74, 6) is 0. The second kappa shape index (κ2) is 7.61. The van der Waals surface area contributed by atoms with Gasteiger partial charge >= 0.3 is 0 Å². The van der Waals surface area contributed by atoms with Crippen molar-refractivity contribution < 1.29 is 4.74 Å². The van der Waals surface area contributed by atoms with Crippen LogP contribution in [0.1, 0.15) is 26.2 Å². The number of hydrogen-bond acceptors (Lipinski definition) is 4.